The van der Waals surface area contributed by atoms with Crippen LogP contribution in [0, 0.1) is 11.3 Å². The highest BCUT2D eigenvalue weighted by Gasteiger charge is 2.34. The highest BCUT2D eigenvalue weighted by atomic mass is 16.5. The molecule has 4 aromatic carbocycles. The van der Waals surface area contributed by atoms with Crippen LogP contribution in [0.3, 0.4) is 0 Å². The second kappa shape index (κ2) is 14.7. The number of ether oxygens (including phenoxy) is 2. The van der Waals surface area contributed by atoms with Crippen LogP contribution in [-0.2, 0) is 24.4 Å². The van der Waals surface area contributed by atoms with Crippen molar-refractivity contribution in [3.63, 3.8) is 0 Å². The Labute approximate surface area is 279 Å². The summed E-state index contributed by atoms with van der Waals surface area (Å²) >= 11 is 0. The number of hydrogen-bond acceptors (Lipinski definition) is 7. The summed E-state index contributed by atoms with van der Waals surface area (Å²) in [5, 5.41) is 15.2. The Bertz CT molecular complexity index is 1920. The third kappa shape index (κ3) is 7.38. The quantitative estimate of drug-likeness (QED) is 0.180. The second-order valence-corrected chi connectivity index (χ2v) is 11.7. The van der Waals surface area contributed by atoms with Gasteiger partial charge in [0.05, 0.1) is 23.5 Å². The molecule has 5 aromatic rings. The number of rotatable bonds is 12. The van der Waals surface area contributed by atoms with Crippen molar-refractivity contribution >= 4 is 11.8 Å². The molecule has 2 amide bonds. The van der Waals surface area contributed by atoms with Gasteiger partial charge < -0.3 is 25.1 Å². The van der Waals surface area contributed by atoms with Gasteiger partial charge in [-0.25, -0.2) is 4.98 Å². The zero-order chi connectivity index (χ0) is 33.5. The number of amides is 2. The average molecular weight is 641 g/mol. The predicted molar refractivity (Wildman–Crippen MR) is 180 cm³/mol. The summed E-state index contributed by atoms with van der Waals surface area (Å²) < 4.78 is 14.3. The van der Waals surface area contributed by atoms with E-state index in [1.165, 1.54) is 0 Å². The van der Waals surface area contributed by atoms with E-state index in [4.69, 9.17) is 20.5 Å². The minimum Gasteiger partial charge on any atom is -0.489 e. The van der Waals surface area contributed by atoms with Crippen molar-refractivity contribution < 1.29 is 19.1 Å². The van der Waals surface area contributed by atoms with Crippen molar-refractivity contribution in [2.45, 2.75) is 44.2 Å². The van der Waals surface area contributed by atoms with Gasteiger partial charge in [-0.05, 0) is 54.1 Å². The Morgan fingerprint density at radius 1 is 1.00 bits per heavy atom. The molecule has 1 aromatic heterocycles. The lowest BCUT2D eigenvalue weighted by Gasteiger charge is -2.33. The van der Waals surface area contributed by atoms with Crippen molar-refractivity contribution in [2.75, 3.05) is 7.05 Å². The highest BCUT2D eigenvalue weighted by Crippen LogP contribution is 2.42. The van der Waals surface area contributed by atoms with Gasteiger partial charge in [0.15, 0.2) is 6.23 Å². The monoisotopic (exact) mass is 640 g/mol. The van der Waals surface area contributed by atoms with Crippen LogP contribution in [0.25, 0.3) is 0 Å². The van der Waals surface area contributed by atoms with Gasteiger partial charge in [-0.2, -0.15) is 5.26 Å². The van der Waals surface area contributed by atoms with Gasteiger partial charge in [0.25, 0.3) is 5.91 Å². The number of hydrogen-bond donors (Lipinski definition) is 3. The lowest BCUT2D eigenvalue weighted by molar-refractivity contribution is -0.119. The van der Waals surface area contributed by atoms with Gasteiger partial charge in [-0.3, -0.25) is 14.9 Å². The SMILES string of the molecule is CNC1CC(c2cncn2Cc2ccc(C#N)cc2)c2cccc(C(=O)N[C@@H](Cc3ccc(OCc4ccccc4)cc3)C(N)=O)c2O1. The molecule has 48 heavy (non-hydrogen) atoms. The number of carbonyl (C=O) groups excluding carboxylic acids is 2. The summed E-state index contributed by atoms with van der Waals surface area (Å²) in [6, 6.07) is 31.4. The summed E-state index contributed by atoms with van der Waals surface area (Å²) in [4.78, 5) is 30.7. The first-order valence-corrected chi connectivity index (χ1v) is 15.7. The van der Waals surface area contributed by atoms with Gasteiger partial charge in [0, 0.05) is 42.8 Å². The zero-order valence-electron chi connectivity index (χ0n) is 26.5. The summed E-state index contributed by atoms with van der Waals surface area (Å²) in [6.45, 7) is 1.01. The Hall–Kier alpha value is -5.92. The number of para-hydroxylation sites is 1. The Morgan fingerprint density at radius 3 is 2.46 bits per heavy atom. The van der Waals surface area contributed by atoms with Crippen LogP contribution < -0.4 is 25.8 Å². The summed E-state index contributed by atoms with van der Waals surface area (Å²) in [5.41, 5.74) is 11.4. The Morgan fingerprint density at radius 2 is 1.75 bits per heavy atom. The van der Waals surface area contributed by atoms with E-state index in [2.05, 4.69) is 26.3 Å². The number of carbonyl (C=O) groups is 2. The molecule has 3 atom stereocenters. The van der Waals surface area contributed by atoms with Crippen molar-refractivity contribution in [1.82, 2.24) is 20.2 Å². The standard InChI is InChI=1S/C38H36N6O4/c1-41-35-19-32(34-21-42-24-44(34)22-27-12-10-26(20-39)11-13-27)30-8-5-9-31(36(30)48-35)38(46)43-33(37(40)45)18-25-14-16-29(17-15-25)47-23-28-6-3-2-4-7-28/h2-17,21,24,32-33,35,41H,18-19,22-23H2,1H3,(H2,40,45)(H,43,46)/t32?,33-,35?/m0/s1. The molecule has 0 spiro atoms. The maximum absolute atomic E-state index is 13.8. The Kier molecular flexibility index (Phi) is 9.79. The summed E-state index contributed by atoms with van der Waals surface area (Å²) in [7, 11) is 1.81. The maximum atomic E-state index is 13.8. The number of nitrogens with one attached hydrogen (secondary N) is 2. The Balaban J connectivity index is 1.19. The number of aromatic nitrogens is 2. The molecule has 242 valence electrons. The van der Waals surface area contributed by atoms with E-state index in [-0.39, 0.29) is 18.6 Å². The molecule has 4 N–H and O–H groups in total. The molecule has 10 nitrogen and oxygen atoms in total. The van der Waals surface area contributed by atoms with E-state index in [1.807, 2.05) is 92.1 Å². The van der Waals surface area contributed by atoms with E-state index in [0.717, 1.165) is 27.9 Å². The molecule has 2 heterocycles. The topological polar surface area (TPSA) is 144 Å². The largest absolute Gasteiger partial charge is 0.489 e. The minimum absolute atomic E-state index is 0.130. The van der Waals surface area contributed by atoms with Crippen molar-refractivity contribution in [3.05, 3.63) is 149 Å². The molecule has 0 bridgehead atoms. The molecule has 2 unspecified atom stereocenters. The summed E-state index contributed by atoms with van der Waals surface area (Å²) in [6.07, 6.45) is 4.08. The fourth-order valence-corrected chi connectivity index (χ4v) is 5.92. The average Bonchev–Trinajstić information content (AvgIpc) is 3.58. The fraction of sp³-hybridized carbons (Fsp3) is 0.211. The molecular weight excluding hydrogens is 604 g/mol. The van der Waals surface area contributed by atoms with Crippen LogP contribution in [0.15, 0.2) is 110 Å². The molecule has 10 heteroatoms. The van der Waals surface area contributed by atoms with Crippen LogP contribution in [0.1, 0.15) is 56.2 Å². The lowest BCUT2D eigenvalue weighted by Crippen LogP contribution is -2.46. The molecule has 0 saturated carbocycles. The third-order valence-electron chi connectivity index (χ3n) is 8.50. The predicted octanol–water partition coefficient (Wildman–Crippen LogP) is 4.67. The van der Waals surface area contributed by atoms with Crippen molar-refractivity contribution in [3.8, 4) is 17.6 Å². The highest BCUT2D eigenvalue weighted by molar-refractivity contribution is 6.00. The molecule has 1 aliphatic rings. The number of primary amides is 1. The van der Waals surface area contributed by atoms with E-state index < -0.39 is 17.9 Å². The van der Waals surface area contributed by atoms with E-state index in [1.54, 1.807) is 24.5 Å². The molecule has 0 fully saturated rings. The molecular formula is C38H36N6O4. The number of nitrogens with zero attached hydrogens (tertiary/aromatic N) is 3. The zero-order valence-corrected chi connectivity index (χ0v) is 26.5. The van der Waals surface area contributed by atoms with Crippen molar-refractivity contribution in [1.29, 1.82) is 5.26 Å². The van der Waals surface area contributed by atoms with Crippen LogP contribution in [0.4, 0.5) is 0 Å². The number of fused-ring (bicyclic) bond motifs is 1. The number of benzene rings is 4. The molecule has 0 saturated heterocycles. The van der Waals surface area contributed by atoms with Gasteiger partial charge in [-0.15, -0.1) is 0 Å². The minimum atomic E-state index is -0.946. The first-order chi connectivity index (χ1) is 23.4. The first kappa shape index (κ1) is 32.0. The molecule has 6 rings (SSSR count). The maximum Gasteiger partial charge on any atom is 0.255 e. The van der Waals surface area contributed by atoms with Crippen LogP contribution in [-0.4, -0.2) is 40.7 Å². The van der Waals surface area contributed by atoms with Gasteiger partial charge in [-0.1, -0.05) is 66.7 Å². The fourth-order valence-electron chi connectivity index (χ4n) is 5.92. The number of nitrogens with two attached hydrogens (primary N) is 1. The third-order valence-corrected chi connectivity index (χ3v) is 8.50. The molecule has 0 aliphatic carbocycles. The lowest BCUT2D eigenvalue weighted by atomic mass is 9.87. The van der Waals surface area contributed by atoms with Crippen LogP contribution >= 0.6 is 0 Å². The van der Waals surface area contributed by atoms with E-state index in [9.17, 15) is 9.59 Å². The first-order valence-electron chi connectivity index (χ1n) is 15.7. The van der Waals surface area contributed by atoms with Gasteiger partial charge in [0.2, 0.25) is 5.91 Å². The number of imidazole rings is 1. The van der Waals surface area contributed by atoms with Crippen LogP contribution in [0.2, 0.25) is 0 Å². The second-order valence-electron chi connectivity index (χ2n) is 11.7. The van der Waals surface area contributed by atoms with Crippen molar-refractivity contribution in [2.24, 2.45) is 5.73 Å². The molecule has 1 aliphatic heterocycles. The summed E-state index contributed by atoms with van der Waals surface area (Å²) in [5.74, 6) is -0.0901. The number of nitriles is 1. The van der Waals surface area contributed by atoms with E-state index >= 15 is 0 Å². The smallest absolute Gasteiger partial charge is 0.255 e. The normalized spacial score (nSPS) is 15.8. The van der Waals surface area contributed by atoms with Gasteiger partial charge >= 0.3 is 0 Å². The van der Waals surface area contributed by atoms with Gasteiger partial charge in [0.1, 0.15) is 24.1 Å². The van der Waals surface area contributed by atoms with Crippen LogP contribution in [0.5, 0.6) is 11.5 Å². The van der Waals surface area contributed by atoms with E-state index in [0.29, 0.717) is 42.2 Å². The molecule has 0 radical (unpaired) electrons.